The van der Waals surface area contributed by atoms with Crippen molar-refractivity contribution in [1.29, 1.82) is 0 Å². The van der Waals surface area contributed by atoms with Crippen molar-refractivity contribution < 1.29 is 9.53 Å². The summed E-state index contributed by atoms with van der Waals surface area (Å²) in [5.74, 6) is 0.264. The quantitative estimate of drug-likeness (QED) is 0.566. The molecule has 1 aliphatic heterocycles. The van der Waals surface area contributed by atoms with Crippen LogP contribution in [0.25, 0.3) is 0 Å². The molecule has 1 aromatic rings. The fourth-order valence-corrected chi connectivity index (χ4v) is 2.16. The number of nitrogens with one attached hydrogen (secondary N) is 1. The third-order valence-electron chi connectivity index (χ3n) is 3.29. The summed E-state index contributed by atoms with van der Waals surface area (Å²) < 4.78 is 5.61. The molecular formula is C15H21NO2. The third kappa shape index (κ3) is 4.24. The summed E-state index contributed by atoms with van der Waals surface area (Å²) in [5, 5.41) is 3.19. The van der Waals surface area contributed by atoms with Gasteiger partial charge in [0, 0.05) is 12.6 Å². The summed E-state index contributed by atoms with van der Waals surface area (Å²) in [5.41, 5.74) is 1.22. The van der Waals surface area contributed by atoms with Gasteiger partial charge in [0.25, 0.3) is 0 Å². The van der Waals surface area contributed by atoms with Crippen molar-refractivity contribution in [2.24, 2.45) is 0 Å². The topological polar surface area (TPSA) is 48.2 Å². The van der Waals surface area contributed by atoms with Gasteiger partial charge in [-0.05, 0) is 31.7 Å². The minimum atomic E-state index is 0.134. The first-order chi connectivity index (χ1) is 8.77. The highest BCUT2D eigenvalue weighted by molar-refractivity contribution is 5.85. The second kappa shape index (κ2) is 6.66. The fourth-order valence-electron chi connectivity index (χ4n) is 2.16. The lowest BCUT2D eigenvalue weighted by Crippen LogP contribution is -2.05. The van der Waals surface area contributed by atoms with Gasteiger partial charge in [0.1, 0.15) is 5.78 Å². The van der Waals surface area contributed by atoms with Crippen LogP contribution in [0.4, 0.5) is 0 Å². The van der Waals surface area contributed by atoms with Gasteiger partial charge < -0.3 is 10.1 Å². The Morgan fingerprint density at radius 1 is 1.28 bits per heavy atom. The van der Waals surface area contributed by atoms with Crippen LogP contribution in [0.1, 0.15) is 31.7 Å². The molecule has 1 saturated heterocycles. The molecular weight excluding hydrogens is 226 g/mol. The highest BCUT2D eigenvalue weighted by atomic mass is 16.5. The van der Waals surface area contributed by atoms with Crippen LogP contribution in [0, 0.1) is 0 Å². The molecule has 0 aromatic heterocycles. The summed E-state index contributed by atoms with van der Waals surface area (Å²) in [6, 6.07) is 10.8. The van der Waals surface area contributed by atoms with Gasteiger partial charge >= 0.3 is 0 Å². The molecule has 1 aromatic carbocycles. The number of carbonyl (C=O) groups is 1. The van der Waals surface area contributed by atoms with E-state index >= 15 is 0 Å². The lowest BCUT2D eigenvalue weighted by Gasteiger charge is -2.03. The van der Waals surface area contributed by atoms with E-state index in [4.69, 9.17) is 4.74 Å². The van der Waals surface area contributed by atoms with Gasteiger partial charge in [0.05, 0.1) is 12.6 Å². The first-order valence-corrected chi connectivity index (χ1v) is 6.65. The van der Waals surface area contributed by atoms with Crippen molar-refractivity contribution in [3.8, 4) is 0 Å². The van der Waals surface area contributed by atoms with Crippen molar-refractivity contribution in [1.82, 2.24) is 5.32 Å². The molecule has 2 rings (SSSR count). The number of hydrogen-bond donors (Lipinski definition) is 1. The van der Waals surface area contributed by atoms with Gasteiger partial charge in [-0.3, -0.25) is 4.79 Å². The Morgan fingerprint density at radius 2 is 2.06 bits per heavy atom. The Hall–Kier alpha value is -1.19. The number of rotatable bonds is 8. The van der Waals surface area contributed by atoms with Gasteiger partial charge in [-0.2, -0.15) is 0 Å². The molecule has 98 valence electrons. The zero-order valence-corrected chi connectivity index (χ0v) is 10.9. The number of ketones is 1. The second-order valence-electron chi connectivity index (χ2n) is 4.90. The molecule has 0 unspecified atom stereocenters. The predicted octanol–water partition coefficient (Wildman–Crippen LogP) is 2.30. The summed E-state index contributed by atoms with van der Waals surface area (Å²) in [6.07, 6.45) is 3.27. The molecule has 0 amide bonds. The van der Waals surface area contributed by atoms with Crippen LogP contribution < -0.4 is 5.32 Å². The minimum absolute atomic E-state index is 0.134. The molecule has 1 heterocycles. The number of unbranched alkanes of at least 4 members (excludes halogenated alkanes) is 1. The molecule has 0 spiro atoms. The number of ether oxygens (including phenoxy) is 1. The van der Waals surface area contributed by atoms with Crippen molar-refractivity contribution >= 4 is 5.78 Å². The van der Waals surface area contributed by atoms with E-state index in [-0.39, 0.29) is 11.8 Å². The Bertz CT molecular complexity index is 377. The van der Waals surface area contributed by atoms with E-state index in [1.807, 2.05) is 18.2 Å². The molecule has 1 aliphatic rings. The molecule has 1 fully saturated rings. The number of benzene rings is 1. The summed E-state index contributed by atoms with van der Waals surface area (Å²) in [4.78, 5) is 11.0. The minimum Gasteiger partial charge on any atom is -0.377 e. The summed E-state index contributed by atoms with van der Waals surface area (Å²) in [7, 11) is 0. The van der Waals surface area contributed by atoms with Crippen LogP contribution in [-0.4, -0.2) is 24.5 Å². The molecule has 0 radical (unpaired) electrons. The van der Waals surface area contributed by atoms with E-state index in [2.05, 4.69) is 17.4 Å². The van der Waals surface area contributed by atoms with Gasteiger partial charge in [-0.15, -0.1) is 0 Å². The SMILES string of the molecule is CC(=O)[C@@H]1N[C@H]1CCCCOCc1ccccc1. The zero-order valence-electron chi connectivity index (χ0n) is 10.9. The van der Waals surface area contributed by atoms with Crippen molar-refractivity contribution in [2.45, 2.75) is 44.9 Å². The molecule has 3 heteroatoms. The van der Waals surface area contributed by atoms with Gasteiger partial charge in [0.2, 0.25) is 0 Å². The molecule has 0 bridgehead atoms. The van der Waals surface area contributed by atoms with Crippen LogP contribution >= 0.6 is 0 Å². The van der Waals surface area contributed by atoms with Gasteiger partial charge in [-0.1, -0.05) is 30.3 Å². The Kier molecular flexibility index (Phi) is 4.90. The van der Waals surface area contributed by atoms with Crippen LogP contribution in [0.3, 0.4) is 0 Å². The fraction of sp³-hybridized carbons (Fsp3) is 0.533. The van der Waals surface area contributed by atoms with E-state index in [0.29, 0.717) is 12.6 Å². The lowest BCUT2D eigenvalue weighted by molar-refractivity contribution is -0.116. The first kappa shape index (κ1) is 13.2. The Morgan fingerprint density at radius 3 is 2.72 bits per heavy atom. The average molecular weight is 247 g/mol. The largest absolute Gasteiger partial charge is 0.377 e. The monoisotopic (exact) mass is 247 g/mol. The predicted molar refractivity (Wildman–Crippen MR) is 71.3 cm³/mol. The number of hydrogen-bond acceptors (Lipinski definition) is 3. The second-order valence-corrected chi connectivity index (χ2v) is 4.90. The van der Waals surface area contributed by atoms with Gasteiger partial charge in [0.15, 0.2) is 0 Å². The van der Waals surface area contributed by atoms with Crippen molar-refractivity contribution in [3.05, 3.63) is 35.9 Å². The van der Waals surface area contributed by atoms with Crippen molar-refractivity contribution in [2.75, 3.05) is 6.61 Å². The van der Waals surface area contributed by atoms with E-state index < -0.39 is 0 Å². The van der Waals surface area contributed by atoms with Crippen LogP contribution in [0.15, 0.2) is 30.3 Å². The highest BCUT2D eigenvalue weighted by Crippen LogP contribution is 2.18. The van der Waals surface area contributed by atoms with Crippen LogP contribution in [0.2, 0.25) is 0 Å². The van der Waals surface area contributed by atoms with Crippen LogP contribution in [0.5, 0.6) is 0 Å². The third-order valence-corrected chi connectivity index (χ3v) is 3.29. The van der Waals surface area contributed by atoms with Crippen molar-refractivity contribution in [3.63, 3.8) is 0 Å². The smallest absolute Gasteiger partial charge is 0.148 e. The molecule has 2 atom stereocenters. The lowest BCUT2D eigenvalue weighted by atomic mass is 10.1. The summed E-state index contributed by atoms with van der Waals surface area (Å²) >= 11 is 0. The molecule has 1 N–H and O–H groups in total. The zero-order chi connectivity index (χ0) is 12.8. The Labute approximate surface area is 109 Å². The average Bonchev–Trinajstić information content (AvgIpc) is 3.14. The maximum atomic E-state index is 11.0. The molecule has 18 heavy (non-hydrogen) atoms. The number of carbonyl (C=O) groups excluding carboxylic acids is 1. The Balaban J connectivity index is 1.46. The standard InChI is InChI=1S/C15H21NO2/c1-12(17)15-14(16-15)9-5-6-10-18-11-13-7-3-2-4-8-13/h2-4,7-8,14-16H,5-6,9-11H2,1H3/t14-,15-/m0/s1. The summed E-state index contributed by atoms with van der Waals surface area (Å²) in [6.45, 7) is 3.14. The van der Waals surface area contributed by atoms with Crippen LogP contribution in [-0.2, 0) is 16.1 Å². The maximum absolute atomic E-state index is 11.0. The molecule has 0 saturated carbocycles. The van der Waals surface area contributed by atoms with E-state index in [1.54, 1.807) is 6.92 Å². The maximum Gasteiger partial charge on any atom is 0.148 e. The molecule has 3 nitrogen and oxygen atoms in total. The molecule has 0 aliphatic carbocycles. The first-order valence-electron chi connectivity index (χ1n) is 6.65. The van der Waals surface area contributed by atoms with E-state index in [1.165, 1.54) is 5.56 Å². The number of Topliss-reactive ketones (excluding diaryl/α,β-unsaturated/α-hetero) is 1. The highest BCUT2D eigenvalue weighted by Gasteiger charge is 2.38. The van der Waals surface area contributed by atoms with Gasteiger partial charge in [-0.25, -0.2) is 0 Å². The normalized spacial score (nSPS) is 21.8. The van der Waals surface area contributed by atoms with E-state index in [0.717, 1.165) is 25.9 Å². The van der Waals surface area contributed by atoms with E-state index in [9.17, 15) is 4.79 Å².